The second-order valence-corrected chi connectivity index (χ2v) is 8.56. The van der Waals surface area contributed by atoms with Gasteiger partial charge in [-0.15, -0.1) is 0 Å². The lowest BCUT2D eigenvalue weighted by molar-refractivity contribution is -0.0192. The number of rotatable bonds is 5. The van der Waals surface area contributed by atoms with Crippen molar-refractivity contribution < 1.29 is 18.9 Å². The minimum Gasteiger partial charge on any atom is -0.497 e. The fraction of sp³-hybridized carbons (Fsp3) is 0.240. The summed E-state index contributed by atoms with van der Waals surface area (Å²) in [5.41, 5.74) is 4.15. The van der Waals surface area contributed by atoms with Crippen LogP contribution in [0.3, 0.4) is 0 Å². The third kappa shape index (κ3) is 3.56. The number of fused-ring (bicyclic) bond motifs is 3. The van der Waals surface area contributed by atoms with Crippen molar-refractivity contribution in [3.8, 4) is 23.0 Å². The Balaban J connectivity index is 1.58. The van der Waals surface area contributed by atoms with Gasteiger partial charge in [-0.2, -0.15) is 5.10 Å². The number of halogens is 1. The Morgan fingerprint density at radius 3 is 2.41 bits per heavy atom. The van der Waals surface area contributed by atoms with Crippen LogP contribution >= 0.6 is 15.9 Å². The topological polar surface area (TPSA) is 52.5 Å². The Morgan fingerprint density at radius 2 is 1.69 bits per heavy atom. The molecule has 6 nitrogen and oxygen atoms in total. The Hall–Kier alpha value is -3.19. The van der Waals surface area contributed by atoms with Crippen LogP contribution in [0.4, 0.5) is 0 Å². The summed E-state index contributed by atoms with van der Waals surface area (Å²) in [6.45, 7) is 0. The molecule has 2 atom stereocenters. The van der Waals surface area contributed by atoms with Gasteiger partial charge in [0, 0.05) is 22.0 Å². The highest BCUT2D eigenvalue weighted by Gasteiger charge is 2.41. The summed E-state index contributed by atoms with van der Waals surface area (Å²) in [5, 5.41) is 7.07. The van der Waals surface area contributed by atoms with E-state index < -0.39 is 0 Å². The predicted molar refractivity (Wildman–Crippen MR) is 126 cm³/mol. The van der Waals surface area contributed by atoms with Crippen LogP contribution in [-0.4, -0.2) is 32.0 Å². The molecule has 2 aliphatic rings. The molecule has 2 unspecified atom stereocenters. The molecule has 3 aromatic rings. The van der Waals surface area contributed by atoms with Gasteiger partial charge in [0.1, 0.15) is 11.5 Å². The highest BCUT2D eigenvalue weighted by atomic mass is 79.9. The standard InChI is InChI=1S/C25H23BrN2O4/c1-29-18-8-4-15(5-9-18)20-14-21-19-13-17(26)7-11-22(19)32-25(28(21)27-20)16-6-10-23(30-2)24(12-16)31-3/h4-13,21,25H,14H2,1-3H3. The molecule has 2 aliphatic heterocycles. The zero-order valence-electron chi connectivity index (χ0n) is 18.0. The van der Waals surface area contributed by atoms with Gasteiger partial charge in [0.2, 0.25) is 6.23 Å². The Morgan fingerprint density at radius 1 is 0.906 bits per heavy atom. The van der Waals surface area contributed by atoms with Gasteiger partial charge in [-0.1, -0.05) is 15.9 Å². The molecule has 0 radical (unpaired) electrons. The monoisotopic (exact) mass is 494 g/mol. The van der Waals surface area contributed by atoms with Crippen LogP contribution in [-0.2, 0) is 0 Å². The molecule has 7 heteroatoms. The van der Waals surface area contributed by atoms with Crippen molar-refractivity contribution in [1.29, 1.82) is 0 Å². The fourth-order valence-electron chi connectivity index (χ4n) is 4.24. The minimum absolute atomic E-state index is 0.0615. The van der Waals surface area contributed by atoms with E-state index in [9.17, 15) is 0 Å². The highest BCUT2D eigenvalue weighted by Crippen LogP contribution is 2.49. The molecule has 0 saturated heterocycles. The molecule has 0 bridgehead atoms. The average molecular weight is 495 g/mol. The molecule has 0 spiro atoms. The summed E-state index contributed by atoms with van der Waals surface area (Å²) in [6.07, 6.45) is 0.396. The molecule has 0 amide bonds. The number of methoxy groups -OCH3 is 3. The molecule has 5 rings (SSSR count). The average Bonchev–Trinajstić information content (AvgIpc) is 3.29. The predicted octanol–water partition coefficient (Wildman–Crippen LogP) is 5.72. The van der Waals surface area contributed by atoms with Gasteiger partial charge in [-0.05, 0) is 66.2 Å². The van der Waals surface area contributed by atoms with E-state index in [0.717, 1.165) is 44.8 Å². The van der Waals surface area contributed by atoms with Crippen molar-refractivity contribution in [2.45, 2.75) is 18.7 Å². The fourth-order valence-corrected chi connectivity index (χ4v) is 4.62. The summed E-state index contributed by atoms with van der Waals surface area (Å²) in [5.74, 6) is 3.02. The molecule has 0 aromatic heterocycles. The van der Waals surface area contributed by atoms with Crippen LogP contribution in [0.5, 0.6) is 23.0 Å². The number of hydrazone groups is 1. The molecule has 3 aromatic carbocycles. The van der Waals surface area contributed by atoms with Crippen molar-refractivity contribution in [3.63, 3.8) is 0 Å². The van der Waals surface area contributed by atoms with Crippen LogP contribution in [0.15, 0.2) is 70.2 Å². The first kappa shape index (κ1) is 20.7. The highest BCUT2D eigenvalue weighted by molar-refractivity contribution is 9.10. The number of hydrogen-bond acceptors (Lipinski definition) is 6. The summed E-state index contributed by atoms with van der Waals surface area (Å²) in [4.78, 5) is 0. The number of hydrogen-bond donors (Lipinski definition) is 0. The second kappa shape index (κ2) is 8.39. The largest absolute Gasteiger partial charge is 0.497 e. The number of benzene rings is 3. The van der Waals surface area contributed by atoms with Gasteiger partial charge < -0.3 is 18.9 Å². The minimum atomic E-state index is -0.385. The third-order valence-electron chi connectivity index (χ3n) is 5.87. The molecule has 0 saturated carbocycles. The maximum atomic E-state index is 6.46. The van der Waals surface area contributed by atoms with Crippen molar-refractivity contribution in [2.75, 3.05) is 21.3 Å². The van der Waals surface area contributed by atoms with Crippen LogP contribution in [0.2, 0.25) is 0 Å². The van der Waals surface area contributed by atoms with E-state index in [4.69, 9.17) is 24.0 Å². The molecule has 0 fully saturated rings. The Bertz CT molecular complexity index is 1180. The zero-order chi connectivity index (χ0) is 22.2. The van der Waals surface area contributed by atoms with E-state index in [1.165, 1.54) is 0 Å². The van der Waals surface area contributed by atoms with Gasteiger partial charge in [0.15, 0.2) is 11.5 Å². The Labute approximate surface area is 195 Å². The summed E-state index contributed by atoms with van der Waals surface area (Å²) in [6, 6.07) is 20.0. The van der Waals surface area contributed by atoms with Crippen LogP contribution in [0.25, 0.3) is 0 Å². The summed E-state index contributed by atoms with van der Waals surface area (Å²) >= 11 is 3.60. The van der Waals surface area contributed by atoms with Crippen LogP contribution in [0, 0.1) is 0 Å². The van der Waals surface area contributed by atoms with E-state index in [0.29, 0.717) is 11.5 Å². The smallest absolute Gasteiger partial charge is 0.214 e. The molecule has 164 valence electrons. The molecular formula is C25H23BrN2O4. The lowest BCUT2D eigenvalue weighted by Gasteiger charge is -2.38. The lowest BCUT2D eigenvalue weighted by atomic mass is 9.96. The van der Waals surface area contributed by atoms with Crippen LogP contribution < -0.4 is 18.9 Å². The third-order valence-corrected chi connectivity index (χ3v) is 6.36. The zero-order valence-corrected chi connectivity index (χ0v) is 19.6. The molecule has 0 aliphatic carbocycles. The maximum Gasteiger partial charge on any atom is 0.214 e. The molecule has 2 heterocycles. The lowest BCUT2D eigenvalue weighted by Crippen LogP contribution is -2.33. The van der Waals surface area contributed by atoms with Gasteiger partial charge in [-0.3, -0.25) is 0 Å². The normalized spacial score (nSPS) is 18.9. The van der Waals surface area contributed by atoms with E-state index in [1.54, 1.807) is 21.3 Å². The summed E-state index contributed by atoms with van der Waals surface area (Å²) in [7, 11) is 4.93. The number of ether oxygens (including phenoxy) is 4. The molecule has 0 N–H and O–H groups in total. The van der Waals surface area contributed by atoms with Crippen molar-refractivity contribution in [1.82, 2.24) is 5.01 Å². The SMILES string of the molecule is COc1ccc(C2=NN3C(C2)c2cc(Br)ccc2OC3c2ccc(OC)c(OC)c2)cc1. The van der Waals surface area contributed by atoms with Crippen molar-refractivity contribution in [2.24, 2.45) is 5.10 Å². The van der Waals surface area contributed by atoms with Crippen molar-refractivity contribution >= 4 is 21.6 Å². The first-order valence-electron chi connectivity index (χ1n) is 10.3. The van der Waals surface area contributed by atoms with Gasteiger partial charge in [0.25, 0.3) is 0 Å². The van der Waals surface area contributed by atoms with E-state index in [1.807, 2.05) is 54.6 Å². The van der Waals surface area contributed by atoms with E-state index in [2.05, 4.69) is 27.0 Å². The van der Waals surface area contributed by atoms with E-state index >= 15 is 0 Å². The van der Waals surface area contributed by atoms with E-state index in [-0.39, 0.29) is 12.3 Å². The van der Waals surface area contributed by atoms with Crippen LogP contribution in [0.1, 0.15) is 35.4 Å². The Kier molecular flexibility index (Phi) is 5.43. The maximum absolute atomic E-state index is 6.46. The van der Waals surface area contributed by atoms with Gasteiger partial charge in [-0.25, -0.2) is 5.01 Å². The summed E-state index contributed by atoms with van der Waals surface area (Å²) < 4.78 is 23.7. The quantitative estimate of drug-likeness (QED) is 0.454. The number of nitrogens with zero attached hydrogens (tertiary/aromatic N) is 2. The molecular weight excluding hydrogens is 472 g/mol. The molecule has 32 heavy (non-hydrogen) atoms. The second-order valence-electron chi connectivity index (χ2n) is 7.64. The first-order chi connectivity index (χ1) is 15.6. The first-order valence-corrected chi connectivity index (χ1v) is 11.1. The van der Waals surface area contributed by atoms with Crippen molar-refractivity contribution in [3.05, 3.63) is 81.8 Å². The van der Waals surface area contributed by atoms with Gasteiger partial charge in [0.05, 0.1) is 33.1 Å². The van der Waals surface area contributed by atoms with Gasteiger partial charge >= 0.3 is 0 Å².